The van der Waals surface area contributed by atoms with Crippen molar-refractivity contribution in [3.63, 3.8) is 0 Å². The summed E-state index contributed by atoms with van der Waals surface area (Å²) in [5.41, 5.74) is 2.11. The van der Waals surface area contributed by atoms with E-state index in [1.165, 1.54) is 6.07 Å². The second-order valence-electron chi connectivity index (χ2n) is 9.83. The SMILES string of the molecule is C=CCO[C@H](c1ccnc2ccccc12)C1CC2CC[N+]1(Cc1ccc(F)c(F)c1F)CC2C=C. The summed E-state index contributed by atoms with van der Waals surface area (Å²) in [6.07, 6.45) is 7.09. The Morgan fingerprint density at radius 3 is 2.71 bits per heavy atom. The molecule has 0 saturated carbocycles. The topological polar surface area (TPSA) is 22.1 Å². The second kappa shape index (κ2) is 9.59. The molecular formula is C29H30F3N2O+. The van der Waals surface area contributed by atoms with Crippen LogP contribution in [0.1, 0.15) is 30.1 Å². The van der Waals surface area contributed by atoms with Crippen LogP contribution in [0.15, 0.2) is 74.0 Å². The van der Waals surface area contributed by atoms with Crippen molar-refractivity contribution in [2.24, 2.45) is 11.8 Å². The Morgan fingerprint density at radius 2 is 1.91 bits per heavy atom. The molecular weight excluding hydrogens is 449 g/mol. The number of aromatic nitrogens is 1. The first-order valence-corrected chi connectivity index (χ1v) is 12.1. The summed E-state index contributed by atoms with van der Waals surface area (Å²) in [7, 11) is 0. The van der Waals surface area contributed by atoms with Gasteiger partial charge in [0.2, 0.25) is 0 Å². The van der Waals surface area contributed by atoms with Crippen LogP contribution < -0.4 is 0 Å². The molecule has 0 radical (unpaired) electrons. The van der Waals surface area contributed by atoms with Gasteiger partial charge in [-0.1, -0.05) is 30.4 Å². The summed E-state index contributed by atoms with van der Waals surface area (Å²) in [5, 5.41) is 1.02. The molecule has 1 aromatic heterocycles. The van der Waals surface area contributed by atoms with E-state index in [0.29, 0.717) is 17.0 Å². The van der Waals surface area contributed by atoms with Gasteiger partial charge in [0.1, 0.15) is 18.7 Å². The van der Waals surface area contributed by atoms with E-state index in [1.807, 2.05) is 36.4 Å². The number of pyridine rings is 1. The average molecular weight is 480 g/mol. The Hall–Kier alpha value is -2.96. The number of piperidine rings is 3. The van der Waals surface area contributed by atoms with E-state index in [9.17, 15) is 13.2 Å². The fraction of sp³-hybridized carbons (Fsp3) is 0.345. The number of nitrogens with zero attached hydrogens (tertiary/aromatic N) is 2. The normalized spacial score (nSPS) is 26.5. The quantitative estimate of drug-likeness (QED) is 0.209. The van der Waals surface area contributed by atoms with Crippen molar-refractivity contribution < 1.29 is 22.4 Å². The molecule has 3 saturated heterocycles. The molecule has 35 heavy (non-hydrogen) atoms. The highest BCUT2D eigenvalue weighted by molar-refractivity contribution is 5.82. The van der Waals surface area contributed by atoms with Crippen molar-refractivity contribution in [1.82, 2.24) is 4.98 Å². The summed E-state index contributed by atoms with van der Waals surface area (Å²) >= 11 is 0. The molecule has 0 aliphatic carbocycles. The first-order valence-electron chi connectivity index (χ1n) is 12.1. The Morgan fingerprint density at radius 1 is 1.09 bits per heavy atom. The zero-order valence-electron chi connectivity index (χ0n) is 19.7. The molecule has 3 aromatic rings. The monoisotopic (exact) mass is 479 g/mol. The average Bonchev–Trinajstić information content (AvgIpc) is 2.89. The van der Waals surface area contributed by atoms with Gasteiger partial charge in [0, 0.05) is 35.9 Å². The molecule has 4 unspecified atom stereocenters. The third-order valence-corrected chi connectivity index (χ3v) is 8.01. The molecule has 4 heterocycles. The van der Waals surface area contributed by atoms with Crippen molar-refractivity contribution in [3.05, 3.63) is 103 Å². The maximum absolute atomic E-state index is 14.9. The van der Waals surface area contributed by atoms with E-state index in [2.05, 4.69) is 18.1 Å². The van der Waals surface area contributed by atoms with Crippen LogP contribution in [0.2, 0.25) is 0 Å². The molecule has 0 spiro atoms. The molecule has 2 aromatic carbocycles. The zero-order chi connectivity index (χ0) is 24.6. The van der Waals surface area contributed by atoms with Crippen LogP contribution in [0.3, 0.4) is 0 Å². The van der Waals surface area contributed by atoms with Crippen molar-refractivity contribution in [2.75, 3.05) is 19.7 Å². The lowest BCUT2D eigenvalue weighted by molar-refractivity contribution is -0.985. The molecule has 6 heteroatoms. The maximum Gasteiger partial charge on any atom is 0.194 e. The van der Waals surface area contributed by atoms with Crippen molar-refractivity contribution in [3.8, 4) is 0 Å². The molecule has 3 fully saturated rings. The number of para-hydroxylation sites is 1. The minimum absolute atomic E-state index is 0.00298. The van der Waals surface area contributed by atoms with Gasteiger partial charge in [0.15, 0.2) is 17.5 Å². The highest BCUT2D eigenvalue weighted by Gasteiger charge is 2.55. The highest BCUT2D eigenvalue weighted by atomic mass is 19.2. The largest absolute Gasteiger partial charge is 0.363 e. The second-order valence-corrected chi connectivity index (χ2v) is 9.83. The molecule has 182 valence electrons. The Balaban J connectivity index is 1.62. The number of hydrogen-bond acceptors (Lipinski definition) is 2. The van der Waals surface area contributed by atoms with Gasteiger partial charge in [-0.25, -0.2) is 13.2 Å². The van der Waals surface area contributed by atoms with E-state index < -0.39 is 17.5 Å². The van der Waals surface area contributed by atoms with Crippen LogP contribution in [0.25, 0.3) is 10.9 Å². The van der Waals surface area contributed by atoms with Gasteiger partial charge < -0.3 is 9.22 Å². The third-order valence-electron chi connectivity index (χ3n) is 8.01. The fourth-order valence-corrected chi connectivity index (χ4v) is 6.34. The number of quaternary nitrogens is 1. The fourth-order valence-electron chi connectivity index (χ4n) is 6.34. The molecule has 3 aliphatic rings. The molecule has 0 N–H and O–H groups in total. The van der Waals surface area contributed by atoms with Crippen LogP contribution >= 0.6 is 0 Å². The lowest BCUT2D eigenvalue weighted by Crippen LogP contribution is -2.67. The van der Waals surface area contributed by atoms with Crippen LogP contribution in [0.5, 0.6) is 0 Å². The minimum Gasteiger partial charge on any atom is -0.363 e. The van der Waals surface area contributed by atoms with Crippen molar-refractivity contribution in [2.45, 2.75) is 31.5 Å². The number of halogens is 3. The van der Waals surface area contributed by atoms with Crippen LogP contribution in [-0.4, -0.2) is 35.2 Å². The Labute approximate surface area is 204 Å². The Bertz CT molecular complexity index is 1260. The van der Waals surface area contributed by atoms with Gasteiger partial charge in [-0.3, -0.25) is 4.98 Å². The number of rotatable bonds is 8. The van der Waals surface area contributed by atoms with Gasteiger partial charge >= 0.3 is 0 Å². The molecule has 3 aliphatic heterocycles. The number of benzene rings is 2. The van der Waals surface area contributed by atoms with Crippen LogP contribution in [0.4, 0.5) is 13.2 Å². The first-order chi connectivity index (χ1) is 17.0. The summed E-state index contributed by atoms with van der Waals surface area (Å²) in [4.78, 5) is 4.52. The van der Waals surface area contributed by atoms with Crippen LogP contribution in [-0.2, 0) is 11.3 Å². The number of hydrogen-bond donors (Lipinski definition) is 0. The zero-order valence-corrected chi connectivity index (χ0v) is 19.7. The third kappa shape index (κ3) is 4.19. The molecule has 2 bridgehead atoms. The van der Waals surface area contributed by atoms with Crippen molar-refractivity contribution in [1.29, 1.82) is 0 Å². The summed E-state index contributed by atoms with van der Waals surface area (Å²) in [6, 6.07) is 12.4. The van der Waals surface area contributed by atoms with Crippen molar-refractivity contribution >= 4 is 10.9 Å². The number of ether oxygens (including phenoxy) is 1. The predicted octanol–water partition coefficient (Wildman–Crippen LogP) is 6.51. The maximum atomic E-state index is 14.9. The molecule has 3 nitrogen and oxygen atoms in total. The minimum atomic E-state index is -1.41. The van der Waals surface area contributed by atoms with E-state index in [1.54, 1.807) is 12.3 Å². The molecule has 5 atom stereocenters. The van der Waals surface area contributed by atoms with Gasteiger partial charge in [0.25, 0.3) is 0 Å². The summed E-state index contributed by atoms with van der Waals surface area (Å²) in [5.74, 6) is -2.95. The standard InChI is InChI=1S/C29H30F3N2O/c1-3-15-35-29(23-11-13-33-25-8-6-5-7-22(23)25)26-16-20-12-14-34(26,17-19(20)4-2)18-21-9-10-24(30)28(32)27(21)31/h3-11,13,19-20,26,29H,1-2,12,14-18H2/q+1/t19?,20?,26?,29-,34?/m1/s1. The molecule has 6 rings (SSSR count). The van der Waals surface area contributed by atoms with Gasteiger partial charge in [-0.05, 0) is 35.7 Å². The smallest absolute Gasteiger partial charge is 0.194 e. The summed E-state index contributed by atoms with van der Waals surface area (Å²) in [6.45, 7) is 10.1. The van der Waals surface area contributed by atoms with Gasteiger partial charge in [-0.2, -0.15) is 0 Å². The Kier molecular flexibility index (Phi) is 6.51. The molecule has 0 amide bonds. The van der Waals surface area contributed by atoms with Crippen LogP contribution in [0, 0.1) is 29.3 Å². The van der Waals surface area contributed by atoms with E-state index in [0.717, 1.165) is 48.5 Å². The lowest BCUT2D eigenvalue weighted by atomic mass is 9.71. The first kappa shape index (κ1) is 23.8. The van der Waals surface area contributed by atoms with Gasteiger partial charge in [-0.15, -0.1) is 13.2 Å². The lowest BCUT2D eigenvalue weighted by Gasteiger charge is -2.58. The summed E-state index contributed by atoms with van der Waals surface area (Å²) < 4.78 is 49.7. The highest BCUT2D eigenvalue weighted by Crippen LogP contribution is 2.49. The van der Waals surface area contributed by atoms with E-state index in [-0.39, 0.29) is 30.2 Å². The van der Waals surface area contributed by atoms with E-state index in [4.69, 9.17) is 4.74 Å². The van der Waals surface area contributed by atoms with E-state index >= 15 is 0 Å². The van der Waals surface area contributed by atoms with Gasteiger partial charge in [0.05, 0.1) is 25.2 Å². The number of fused-ring (bicyclic) bond motifs is 4. The predicted molar refractivity (Wildman–Crippen MR) is 131 cm³/mol.